The monoisotopic (exact) mass is 384 g/mol. The summed E-state index contributed by atoms with van der Waals surface area (Å²) in [5, 5.41) is 11.7. The first kappa shape index (κ1) is 20.2. The summed E-state index contributed by atoms with van der Waals surface area (Å²) < 4.78 is 13.6. The number of carbonyl (C=O) groups excluding carboxylic acids is 2. The quantitative estimate of drug-likeness (QED) is 0.817. The topological polar surface area (TPSA) is 86.7 Å². The number of amides is 2. The molecule has 0 saturated carbocycles. The van der Waals surface area contributed by atoms with Gasteiger partial charge in [-0.25, -0.2) is 9.18 Å². The van der Waals surface area contributed by atoms with Gasteiger partial charge in [-0.1, -0.05) is 31.5 Å². The van der Waals surface area contributed by atoms with Crippen LogP contribution in [-0.2, 0) is 14.4 Å². The van der Waals surface area contributed by atoms with Crippen molar-refractivity contribution in [3.8, 4) is 0 Å². The number of nitrogens with zero attached hydrogens (tertiary/aromatic N) is 1. The van der Waals surface area contributed by atoms with E-state index in [-0.39, 0.29) is 28.3 Å². The van der Waals surface area contributed by atoms with E-state index in [1.807, 2.05) is 13.8 Å². The third-order valence-electron chi connectivity index (χ3n) is 4.48. The molecule has 0 radical (unpaired) electrons. The minimum absolute atomic E-state index is 0.0453. The van der Waals surface area contributed by atoms with Gasteiger partial charge in [0, 0.05) is 24.9 Å². The molecule has 0 spiro atoms. The number of rotatable bonds is 5. The number of carbonyl (C=O) groups is 3. The molecule has 2 N–H and O–H groups in total. The van der Waals surface area contributed by atoms with Crippen LogP contribution in [0.1, 0.15) is 38.3 Å². The van der Waals surface area contributed by atoms with E-state index in [9.17, 15) is 23.9 Å². The standard InChI is InChI=1S/C18H22ClFN2O4/c1-10(2)17(24)22-7-5-11(6-8-22)16(23)21-15(18(25)26)12-3-4-13(19)14(20)9-12/h3-4,9-11,15H,5-8H2,1-2H3,(H,21,23)(H,25,26). The summed E-state index contributed by atoms with van der Waals surface area (Å²) in [7, 11) is 0. The van der Waals surface area contributed by atoms with Crippen LogP contribution < -0.4 is 5.32 Å². The van der Waals surface area contributed by atoms with Crippen molar-refractivity contribution in [2.75, 3.05) is 13.1 Å². The van der Waals surface area contributed by atoms with Gasteiger partial charge in [-0.2, -0.15) is 0 Å². The van der Waals surface area contributed by atoms with Crippen molar-refractivity contribution in [2.24, 2.45) is 11.8 Å². The highest BCUT2D eigenvalue weighted by atomic mass is 35.5. The third kappa shape index (κ3) is 4.72. The van der Waals surface area contributed by atoms with Crippen LogP contribution in [0.4, 0.5) is 4.39 Å². The lowest BCUT2D eigenvalue weighted by molar-refractivity contribution is -0.143. The Kier molecular flexibility index (Phi) is 6.58. The second-order valence-corrected chi connectivity index (χ2v) is 7.11. The molecule has 0 bridgehead atoms. The third-order valence-corrected chi connectivity index (χ3v) is 4.79. The molecule has 1 saturated heterocycles. The largest absolute Gasteiger partial charge is 0.479 e. The molecule has 2 rings (SSSR count). The molecule has 1 aliphatic heterocycles. The molecule has 1 unspecified atom stereocenters. The van der Waals surface area contributed by atoms with E-state index in [2.05, 4.69) is 5.32 Å². The highest BCUT2D eigenvalue weighted by molar-refractivity contribution is 6.30. The van der Waals surface area contributed by atoms with E-state index in [4.69, 9.17) is 11.6 Å². The highest BCUT2D eigenvalue weighted by Crippen LogP contribution is 2.23. The average molecular weight is 385 g/mol. The molecule has 26 heavy (non-hydrogen) atoms. The molecule has 1 aromatic carbocycles. The predicted octanol–water partition coefficient (Wildman–Crippen LogP) is 2.62. The molecule has 1 aliphatic rings. The first-order chi connectivity index (χ1) is 12.2. The number of hydrogen-bond donors (Lipinski definition) is 2. The van der Waals surface area contributed by atoms with Gasteiger partial charge in [0.2, 0.25) is 11.8 Å². The second-order valence-electron chi connectivity index (χ2n) is 6.71. The van der Waals surface area contributed by atoms with Crippen LogP contribution in [0, 0.1) is 17.7 Å². The van der Waals surface area contributed by atoms with Crippen molar-refractivity contribution in [2.45, 2.75) is 32.7 Å². The van der Waals surface area contributed by atoms with E-state index in [1.54, 1.807) is 4.90 Å². The second kappa shape index (κ2) is 8.49. The van der Waals surface area contributed by atoms with Crippen LogP contribution in [0.3, 0.4) is 0 Å². The molecule has 2 amide bonds. The summed E-state index contributed by atoms with van der Waals surface area (Å²) in [5.74, 6) is -2.88. The van der Waals surface area contributed by atoms with Gasteiger partial charge in [-0.15, -0.1) is 0 Å². The number of halogens is 2. The fraction of sp³-hybridized carbons (Fsp3) is 0.500. The van der Waals surface area contributed by atoms with Gasteiger partial charge in [0.05, 0.1) is 5.02 Å². The van der Waals surface area contributed by atoms with Crippen molar-refractivity contribution >= 4 is 29.4 Å². The Balaban J connectivity index is 2.01. The number of carboxylic acids is 1. The summed E-state index contributed by atoms with van der Waals surface area (Å²) in [6.07, 6.45) is 0.928. The van der Waals surface area contributed by atoms with Crippen LogP contribution in [0.2, 0.25) is 5.02 Å². The van der Waals surface area contributed by atoms with Crippen LogP contribution >= 0.6 is 11.6 Å². The predicted molar refractivity (Wildman–Crippen MR) is 94.1 cm³/mol. The Morgan fingerprint density at radius 2 is 1.88 bits per heavy atom. The Labute approximate surface area is 156 Å². The fourth-order valence-corrected chi connectivity index (χ4v) is 3.08. The molecule has 0 aromatic heterocycles. The Bertz CT molecular complexity index is 702. The van der Waals surface area contributed by atoms with Gasteiger partial charge in [0.1, 0.15) is 5.82 Å². The molecule has 1 aromatic rings. The Morgan fingerprint density at radius 1 is 1.27 bits per heavy atom. The smallest absolute Gasteiger partial charge is 0.330 e. The van der Waals surface area contributed by atoms with Crippen LogP contribution in [0.25, 0.3) is 0 Å². The van der Waals surface area contributed by atoms with Crippen molar-refractivity contribution in [1.82, 2.24) is 10.2 Å². The lowest BCUT2D eigenvalue weighted by Gasteiger charge is -2.33. The fourth-order valence-electron chi connectivity index (χ4n) is 2.97. The number of piperidine rings is 1. The lowest BCUT2D eigenvalue weighted by atomic mass is 9.94. The maximum absolute atomic E-state index is 13.6. The molecule has 8 heteroatoms. The zero-order valence-corrected chi connectivity index (χ0v) is 15.4. The number of nitrogens with one attached hydrogen (secondary N) is 1. The summed E-state index contributed by atoms with van der Waals surface area (Å²) in [5.41, 5.74) is 0.111. The first-order valence-corrected chi connectivity index (χ1v) is 8.85. The molecule has 0 aliphatic carbocycles. The minimum atomic E-state index is -1.36. The van der Waals surface area contributed by atoms with Crippen molar-refractivity contribution in [1.29, 1.82) is 0 Å². The SMILES string of the molecule is CC(C)C(=O)N1CCC(C(=O)NC(C(=O)O)c2ccc(Cl)c(F)c2)CC1. The summed E-state index contributed by atoms with van der Waals surface area (Å²) >= 11 is 5.61. The van der Waals surface area contributed by atoms with Crippen molar-refractivity contribution < 1.29 is 23.9 Å². The van der Waals surface area contributed by atoms with Crippen LogP contribution in [-0.4, -0.2) is 40.9 Å². The number of carboxylic acid groups (broad SMARTS) is 1. The number of hydrogen-bond acceptors (Lipinski definition) is 3. The van der Waals surface area contributed by atoms with Gasteiger partial charge < -0.3 is 15.3 Å². The Hall–Kier alpha value is -2.15. The molecule has 1 fully saturated rings. The van der Waals surface area contributed by atoms with Gasteiger partial charge >= 0.3 is 5.97 Å². The van der Waals surface area contributed by atoms with Gasteiger partial charge in [-0.05, 0) is 30.5 Å². The van der Waals surface area contributed by atoms with E-state index >= 15 is 0 Å². The maximum atomic E-state index is 13.6. The Morgan fingerprint density at radius 3 is 2.38 bits per heavy atom. The molecule has 142 valence electrons. The number of aliphatic carboxylic acids is 1. The van der Waals surface area contributed by atoms with Crippen LogP contribution in [0.15, 0.2) is 18.2 Å². The zero-order chi connectivity index (χ0) is 19.4. The van der Waals surface area contributed by atoms with Gasteiger partial charge in [0.25, 0.3) is 0 Å². The molecule has 1 heterocycles. The summed E-state index contributed by atoms with van der Waals surface area (Å²) in [6, 6.07) is 2.27. The maximum Gasteiger partial charge on any atom is 0.330 e. The lowest BCUT2D eigenvalue weighted by Crippen LogP contribution is -2.45. The van der Waals surface area contributed by atoms with Gasteiger partial charge in [-0.3, -0.25) is 9.59 Å². The molecule has 6 nitrogen and oxygen atoms in total. The molecular weight excluding hydrogens is 363 g/mol. The minimum Gasteiger partial charge on any atom is -0.479 e. The number of benzene rings is 1. The summed E-state index contributed by atoms with van der Waals surface area (Å²) in [4.78, 5) is 37.7. The average Bonchev–Trinajstić information content (AvgIpc) is 2.61. The normalized spacial score (nSPS) is 16.4. The highest BCUT2D eigenvalue weighted by Gasteiger charge is 2.31. The van der Waals surface area contributed by atoms with Crippen molar-refractivity contribution in [3.63, 3.8) is 0 Å². The van der Waals surface area contributed by atoms with E-state index in [0.717, 1.165) is 6.07 Å². The van der Waals surface area contributed by atoms with Gasteiger partial charge in [0.15, 0.2) is 6.04 Å². The zero-order valence-electron chi connectivity index (χ0n) is 14.7. The number of likely N-dealkylation sites (tertiary alicyclic amines) is 1. The first-order valence-electron chi connectivity index (χ1n) is 8.47. The molecular formula is C18H22ClFN2O4. The van der Waals surface area contributed by atoms with Crippen molar-refractivity contribution in [3.05, 3.63) is 34.6 Å². The summed E-state index contributed by atoms with van der Waals surface area (Å²) in [6.45, 7) is 4.57. The van der Waals surface area contributed by atoms with E-state index in [1.165, 1.54) is 12.1 Å². The molecule has 1 atom stereocenters. The van der Waals surface area contributed by atoms with E-state index in [0.29, 0.717) is 25.9 Å². The van der Waals surface area contributed by atoms with E-state index < -0.39 is 23.7 Å². The van der Waals surface area contributed by atoms with Crippen LogP contribution in [0.5, 0.6) is 0 Å².